The Hall–Kier alpha value is -4.42. The molecule has 7 N–H and O–H groups in total. The minimum absolute atomic E-state index is 0.0714. The van der Waals surface area contributed by atoms with Crippen LogP contribution in [-0.2, 0) is 25.7 Å². The second-order valence-electron chi connectivity index (χ2n) is 13.3. The summed E-state index contributed by atoms with van der Waals surface area (Å²) in [6, 6.07) is 21.4. The first-order chi connectivity index (χ1) is 24.5. The van der Waals surface area contributed by atoms with Crippen molar-refractivity contribution >= 4 is 0 Å². The summed E-state index contributed by atoms with van der Waals surface area (Å²) < 4.78 is 38.2. The molecule has 0 saturated carbocycles. The molecule has 0 aliphatic carbocycles. The van der Waals surface area contributed by atoms with Gasteiger partial charge in [-0.25, -0.2) is 8.78 Å². The SMILES string of the molecule is CC(CCc1ccc(O)cc1)NCCc1ccc(O)c(O)c1.OC(CNCC(O)C1CCc2cc(F)ccc2O1)C1CCc2cc(F)ccc2O1. The van der Waals surface area contributed by atoms with E-state index < -0.39 is 12.2 Å². The predicted molar refractivity (Wildman–Crippen MR) is 191 cm³/mol. The van der Waals surface area contributed by atoms with Crippen LogP contribution in [0.5, 0.6) is 28.7 Å². The van der Waals surface area contributed by atoms with Gasteiger partial charge in [-0.2, -0.15) is 0 Å². The Bertz CT molecular complexity index is 1640. The van der Waals surface area contributed by atoms with Crippen molar-refractivity contribution in [1.29, 1.82) is 0 Å². The second-order valence-corrected chi connectivity index (χ2v) is 13.3. The average molecular weight is 707 g/mol. The predicted octanol–water partition coefficient (Wildman–Crippen LogP) is 5.32. The van der Waals surface area contributed by atoms with E-state index in [1.807, 2.05) is 18.2 Å². The Morgan fingerprint density at radius 2 is 1.24 bits per heavy atom. The van der Waals surface area contributed by atoms with Crippen LogP contribution in [-0.4, -0.2) is 75.6 Å². The first-order valence-corrected chi connectivity index (χ1v) is 17.5. The molecule has 0 bridgehead atoms. The number of benzene rings is 4. The molecule has 0 fully saturated rings. The number of halogens is 2. The van der Waals surface area contributed by atoms with Gasteiger partial charge in [-0.05, 0) is 141 Å². The van der Waals surface area contributed by atoms with Crippen LogP contribution in [0, 0.1) is 11.6 Å². The maximum atomic E-state index is 13.3. The van der Waals surface area contributed by atoms with E-state index in [-0.39, 0.29) is 48.4 Å². The van der Waals surface area contributed by atoms with Crippen LogP contribution in [0.2, 0.25) is 0 Å². The van der Waals surface area contributed by atoms with Crippen molar-refractivity contribution < 1.29 is 43.8 Å². The van der Waals surface area contributed by atoms with Crippen LogP contribution in [0.1, 0.15) is 48.4 Å². The number of nitrogens with one attached hydrogen (secondary N) is 2. The van der Waals surface area contributed by atoms with E-state index in [9.17, 15) is 34.3 Å². The van der Waals surface area contributed by atoms with Gasteiger partial charge in [0.15, 0.2) is 11.5 Å². The molecule has 0 radical (unpaired) electrons. The third-order valence-electron chi connectivity index (χ3n) is 9.31. The molecule has 5 unspecified atom stereocenters. The summed E-state index contributed by atoms with van der Waals surface area (Å²) in [5, 5.41) is 55.3. The zero-order valence-corrected chi connectivity index (χ0v) is 28.8. The number of aliphatic hydroxyl groups is 2. The van der Waals surface area contributed by atoms with Crippen LogP contribution < -0.4 is 20.1 Å². The highest BCUT2D eigenvalue weighted by Crippen LogP contribution is 2.31. The number of hydrogen-bond donors (Lipinski definition) is 7. The summed E-state index contributed by atoms with van der Waals surface area (Å²) in [5.41, 5.74) is 3.83. The van der Waals surface area contributed by atoms with Gasteiger partial charge in [0, 0.05) is 19.1 Å². The Labute approximate surface area is 297 Å². The summed E-state index contributed by atoms with van der Waals surface area (Å²) in [7, 11) is 0. The van der Waals surface area contributed by atoms with Gasteiger partial charge in [0.2, 0.25) is 0 Å². The molecule has 4 aromatic carbocycles. The summed E-state index contributed by atoms with van der Waals surface area (Å²) >= 11 is 0. The summed E-state index contributed by atoms with van der Waals surface area (Å²) in [6.45, 7) is 3.48. The van der Waals surface area contributed by atoms with Gasteiger partial charge in [-0.3, -0.25) is 0 Å². The van der Waals surface area contributed by atoms with Crippen LogP contribution in [0.3, 0.4) is 0 Å². The lowest BCUT2D eigenvalue weighted by Gasteiger charge is -2.31. The Morgan fingerprint density at radius 3 is 1.78 bits per heavy atom. The summed E-state index contributed by atoms with van der Waals surface area (Å²) in [6.07, 6.45) is 3.00. The molecular formula is C40H48F2N2O7. The van der Waals surface area contributed by atoms with E-state index in [1.165, 1.54) is 35.9 Å². The molecule has 0 aromatic heterocycles. The van der Waals surface area contributed by atoms with Crippen molar-refractivity contribution in [1.82, 2.24) is 10.6 Å². The molecule has 6 rings (SSSR count). The minimum Gasteiger partial charge on any atom is -0.508 e. The molecule has 0 amide bonds. The van der Waals surface area contributed by atoms with Gasteiger partial charge >= 0.3 is 0 Å². The van der Waals surface area contributed by atoms with Gasteiger partial charge in [-0.1, -0.05) is 18.2 Å². The molecule has 0 saturated heterocycles. The first-order valence-electron chi connectivity index (χ1n) is 17.5. The molecule has 9 nitrogen and oxygen atoms in total. The zero-order valence-electron chi connectivity index (χ0n) is 28.8. The molecule has 0 spiro atoms. The maximum absolute atomic E-state index is 13.3. The van der Waals surface area contributed by atoms with Gasteiger partial charge in [0.05, 0.1) is 0 Å². The molecule has 5 atom stereocenters. The van der Waals surface area contributed by atoms with E-state index in [1.54, 1.807) is 30.3 Å². The van der Waals surface area contributed by atoms with E-state index >= 15 is 0 Å². The Morgan fingerprint density at radius 1 is 0.686 bits per heavy atom. The molecule has 4 aromatic rings. The standard InChI is InChI=1S/C22H25F2NO4.C18H23NO3/c23-15-3-7-19-13(9-15)1-5-21(28-19)17(26)11-25-12-18(27)22-6-2-14-10-16(24)4-8-20(14)29-22;1-13(2-3-14-4-7-16(20)8-5-14)19-11-10-15-6-9-17(21)18(22)12-15/h3-4,7-10,17-18,21-22,25-27H,1-2,5-6,11-12H2;4-9,12-13,19-22H,2-3,10-11H2,1H3. The van der Waals surface area contributed by atoms with Crippen LogP contribution in [0.15, 0.2) is 78.9 Å². The third-order valence-corrected chi connectivity index (χ3v) is 9.31. The molecule has 11 heteroatoms. The van der Waals surface area contributed by atoms with Gasteiger partial charge < -0.3 is 45.6 Å². The van der Waals surface area contributed by atoms with E-state index in [0.717, 1.165) is 42.5 Å². The number of aliphatic hydroxyl groups excluding tert-OH is 2. The van der Waals surface area contributed by atoms with Crippen molar-refractivity contribution in [3.05, 3.63) is 113 Å². The number of aryl methyl sites for hydroxylation is 3. The molecular weight excluding hydrogens is 658 g/mol. The fourth-order valence-electron chi connectivity index (χ4n) is 6.28. The summed E-state index contributed by atoms with van der Waals surface area (Å²) in [5.74, 6) is 0.767. The Kier molecular flexibility index (Phi) is 13.5. The van der Waals surface area contributed by atoms with Gasteiger partial charge in [0.1, 0.15) is 53.3 Å². The lowest BCUT2D eigenvalue weighted by atomic mass is 9.98. The second kappa shape index (κ2) is 18.2. The largest absolute Gasteiger partial charge is 0.508 e. The van der Waals surface area contributed by atoms with Crippen LogP contribution in [0.4, 0.5) is 8.78 Å². The summed E-state index contributed by atoms with van der Waals surface area (Å²) in [4.78, 5) is 0. The highest BCUT2D eigenvalue weighted by atomic mass is 19.1. The first kappa shape index (κ1) is 37.8. The number of rotatable bonds is 13. The van der Waals surface area contributed by atoms with Crippen LogP contribution in [0.25, 0.3) is 0 Å². The van der Waals surface area contributed by atoms with Crippen molar-refractivity contribution in [2.45, 2.75) is 82.3 Å². The van der Waals surface area contributed by atoms with Crippen molar-refractivity contribution in [2.24, 2.45) is 0 Å². The topological polar surface area (TPSA) is 144 Å². The average Bonchev–Trinajstić information content (AvgIpc) is 3.12. The molecule has 2 aliphatic heterocycles. The highest BCUT2D eigenvalue weighted by Gasteiger charge is 2.29. The monoisotopic (exact) mass is 706 g/mol. The maximum Gasteiger partial charge on any atom is 0.157 e. The molecule has 51 heavy (non-hydrogen) atoms. The van der Waals surface area contributed by atoms with E-state index in [2.05, 4.69) is 17.6 Å². The number of fused-ring (bicyclic) bond motifs is 2. The quantitative estimate of drug-likeness (QED) is 0.0920. The van der Waals surface area contributed by atoms with Crippen molar-refractivity contribution in [3.63, 3.8) is 0 Å². The zero-order chi connectivity index (χ0) is 36.3. The number of ether oxygens (including phenoxy) is 2. The lowest BCUT2D eigenvalue weighted by molar-refractivity contribution is 0.00892. The van der Waals surface area contributed by atoms with Crippen molar-refractivity contribution in [3.8, 4) is 28.7 Å². The molecule has 274 valence electrons. The fourth-order valence-corrected chi connectivity index (χ4v) is 6.28. The van der Waals surface area contributed by atoms with E-state index in [0.29, 0.717) is 49.0 Å². The lowest BCUT2D eigenvalue weighted by Crippen LogP contribution is -2.46. The molecule has 2 aliphatic rings. The van der Waals surface area contributed by atoms with Crippen LogP contribution >= 0.6 is 0 Å². The normalized spacial score (nSPS) is 18.1. The highest BCUT2D eigenvalue weighted by molar-refractivity contribution is 5.40. The van der Waals surface area contributed by atoms with E-state index in [4.69, 9.17) is 9.47 Å². The van der Waals surface area contributed by atoms with Gasteiger partial charge in [0.25, 0.3) is 0 Å². The van der Waals surface area contributed by atoms with Crippen molar-refractivity contribution in [2.75, 3.05) is 19.6 Å². The molecule has 2 heterocycles. The van der Waals surface area contributed by atoms with Gasteiger partial charge in [-0.15, -0.1) is 0 Å². The fraction of sp³-hybridized carbons (Fsp3) is 0.400. The smallest absolute Gasteiger partial charge is 0.157 e. The number of aromatic hydroxyl groups is 3. The number of phenols is 3. The Balaban J connectivity index is 0.000000206. The third kappa shape index (κ3) is 11.3. The number of phenolic OH excluding ortho intramolecular Hbond substituents is 3. The minimum atomic E-state index is -0.753. The number of hydrogen-bond acceptors (Lipinski definition) is 9.